The first-order valence-corrected chi connectivity index (χ1v) is 9.20. The summed E-state index contributed by atoms with van der Waals surface area (Å²) in [5.41, 5.74) is 5.40. The Morgan fingerprint density at radius 3 is 2.67 bits per heavy atom. The Kier molecular flexibility index (Phi) is 4.59. The van der Waals surface area contributed by atoms with Crippen LogP contribution in [0.4, 0.5) is 17.3 Å². The van der Waals surface area contributed by atoms with Crippen LogP contribution < -0.4 is 10.2 Å². The van der Waals surface area contributed by atoms with E-state index in [1.165, 1.54) is 5.56 Å². The van der Waals surface area contributed by atoms with Crippen LogP contribution in [0.2, 0.25) is 0 Å². The number of nitrogens with zero attached hydrogens (tertiary/aromatic N) is 3. The molecule has 1 amide bonds. The second-order valence-corrected chi connectivity index (χ2v) is 6.85. The highest BCUT2D eigenvalue weighted by Crippen LogP contribution is 2.28. The lowest BCUT2D eigenvalue weighted by molar-refractivity contribution is 0.0980. The minimum Gasteiger partial charge on any atom is -0.324 e. The molecule has 1 aromatic heterocycles. The standard InChI is InChI=1S/C22H22N4O/c1-15-8-3-5-11-18(15)24-22-23-16(2)14-19(25-22)21(27)26-13-7-10-17-9-4-6-12-20(17)26/h3-6,8-9,11-12,14H,7,10,13H2,1-2H3,(H,23,24,25). The number of para-hydroxylation sites is 2. The molecule has 1 aliphatic rings. The van der Waals surface area contributed by atoms with Crippen molar-refractivity contribution in [2.75, 3.05) is 16.8 Å². The predicted octanol–water partition coefficient (Wildman–Crippen LogP) is 4.43. The third kappa shape index (κ3) is 3.53. The van der Waals surface area contributed by atoms with Crippen LogP contribution in [-0.2, 0) is 6.42 Å². The van der Waals surface area contributed by atoms with E-state index in [2.05, 4.69) is 21.4 Å². The number of anilines is 3. The number of aromatic nitrogens is 2. The van der Waals surface area contributed by atoms with Crippen LogP contribution >= 0.6 is 0 Å². The summed E-state index contributed by atoms with van der Waals surface area (Å²) in [5, 5.41) is 3.24. The molecule has 2 heterocycles. The van der Waals surface area contributed by atoms with Crippen molar-refractivity contribution < 1.29 is 4.79 Å². The van der Waals surface area contributed by atoms with Gasteiger partial charge in [0.05, 0.1) is 0 Å². The topological polar surface area (TPSA) is 58.1 Å². The summed E-state index contributed by atoms with van der Waals surface area (Å²) >= 11 is 0. The number of hydrogen-bond donors (Lipinski definition) is 1. The monoisotopic (exact) mass is 358 g/mol. The zero-order valence-corrected chi connectivity index (χ0v) is 15.6. The molecule has 2 aromatic carbocycles. The molecule has 136 valence electrons. The number of benzene rings is 2. The molecule has 0 radical (unpaired) electrons. The van der Waals surface area contributed by atoms with Gasteiger partial charge < -0.3 is 10.2 Å². The highest BCUT2D eigenvalue weighted by atomic mass is 16.2. The first-order valence-electron chi connectivity index (χ1n) is 9.20. The second kappa shape index (κ2) is 7.19. The van der Waals surface area contributed by atoms with Gasteiger partial charge >= 0.3 is 0 Å². The van der Waals surface area contributed by atoms with E-state index in [1.807, 2.05) is 61.2 Å². The van der Waals surface area contributed by atoms with Gasteiger partial charge in [0.2, 0.25) is 5.95 Å². The van der Waals surface area contributed by atoms with Crippen molar-refractivity contribution in [1.29, 1.82) is 0 Å². The fraction of sp³-hybridized carbons (Fsp3) is 0.227. The van der Waals surface area contributed by atoms with E-state index in [1.54, 1.807) is 6.07 Å². The Hall–Kier alpha value is -3.21. The predicted molar refractivity (Wildman–Crippen MR) is 108 cm³/mol. The summed E-state index contributed by atoms with van der Waals surface area (Å²) in [5.74, 6) is 0.360. The van der Waals surface area contributed by atoms with Gasteiger partial charge in [-0.1, -0.05) is 36.4 Å². The van der Waals surface area contributed by atoms with Crippen molar-refractivity contribution in [1.82, 2.24) is 9.97 Å². The van der Waals surface area contributed by atoms with Crippen molar-refractivity contribution in [2.45, 2.75) is 26.7 Å². The summed E-state index contributed by atoms with van der Waals surface area (Å²) in [6, 6.07) is 17.8. The Balaban J connectivity index is 1.66. The zero-order valence-electron chi connectivity index (χ0n) is 15.6. The van der Waals surface area contributed by atoms with Crippen LogP contribution in [-0.4, -0.2) is 22.4 Å². The number of nitrogens with one attached hydrogen (secondary N) is 1. The van der Waals surface area contributed by atoms with Gasteiger partial charge in [0, 0.05) is 23.6 Å². The average Bonchev–Trinajstić information content (AvgIpc) is 2.68. The molecule has 0 saturated heterocycles. The fourth-order valence-corrected chi connectivity index (χ4v) is 3.45. The Morgan fingerprint density at radius 1 is 1.04 bits per heavy atom. The molecule has 27 heavy (non-hydrogen) atoms. The van der Waals surface area contributed by atoms with Gasteiger partial charge in [-0.3, -0.25) is 4.79 Å². The zero-order chi connectivity index (χ0) is 18.8. The number of fused-ring (bicyclic) bond motifs is 1. The van der Waals surface area contributed by atoms with Crippen LogP contribution in [0.25, 0.3) is 0 Å². The summed E-state index contributed by atoms with van der Waals surface area (Å²) in [4.78, 5) is 24.0. The summed E-state index contributed by atoms with van der Waals surface area (Å²) < 4.78 is 0. The molecule has 3 aromatic rings. The third-order valence-electron chi connectivity index (χ3n) is 4.82. The van der Waals surface area contributed by atoms with E-state index in [0.717, 1.165) is 35.5 Å². The van der Waals surface area contributed by atoms with Gasteiger partial charge in [-0.2, -0.15) is 0 Å². The quantitative estimate of drug-likeness (QED) is 0.752. The van der Waals surface area contributed by atoms with E-state index in [-0.39, 0.29) is 5.91 Å². The number of amides is 1. The smallest absolute Gasteiger partial charge is 0.277 e. The Labute approximate surface area is 159 Å². The lowest BCUT2D eigenvalue weighted by Gasteiger charge is -2.29. The minimum atomic E-state index is -0.0829. The van der Waals surface area contributed by atoms with E-state index in [9.17, 15) is 4.79 Å². The largest absolute Gasteiger partial charge is 0.324 e. The molecular weight excluding hydrogens is 336 g/mol. The number of rotatable bonds is 3. The van der Waals surface area contributed by atoms with Crippen LogP contribution in [0, 0.1) is 13.8 Å². The molecule has 0 atom stereocenters. The maximum atomic E-state index is 13.2. The molecule has 0 bridgehead atoms. The minimum absolute atomic E-state index is 0.0829. The van der Waals surface area contributed by atoms with E-state index >= 15 is 0 Å². The molecule has 0 aliphatic carbocycles. The van der Waals surface area contributed by atoms with Gasteiger partial charge in [-0.05, 0) is 56.0 Å². The average molecular weight is 358 g/mol. The first-order chi connectivity index (χ1) is 13.1. The van der Waals surface area contributed by atoms with Gasteiger partial charge in [0.15, 0.2) is 0 Å². The molecule has 5 heteroatoms. The molecule has 4 rings (SSSR count). The lowest BCUT2D eigenvalue weighted by Crippen LogP contribution is -2.36. The van der Waals surface area contributed by atoms with Crippen LogP contribution in [0.15, 0.2) is 54.6 Å². The van der Waals surface area contributed by atoms with Crippen molar-refractivity contribution in [3.05, 3.63) is 77.1 Å². The molecule has 0 saturated carbocycles. The van der Waals surface area contributed by atoms with E-state index in [0.29, 0.717) is 18.2 Å². The van der Waals surface area contributed by atoms with Crippen LogP contribution in [0.5, 0.6) is 0 Å². The summed E-state index contributed by atoms with van der Waals surface area (Å²) in [7, 11) is 0. The molecule has 5 nitrogen and oxygen atoms in total. The highest BCUT2D eigenvalue weighted by Gasteiger charge is 2.24. The third-order valence-corrected chi connectivity index (χ3v) is 4.82. The highest BCUT2D eigenvalue weighted by molar-refractivity contribution is 6.05. The molecule has 0 unspecified atom stereocenters. The lowest BCUT2D eigenvalue weighted by atomic mass is 10.0. The van der Waals surface area contributed by atoms with Gasteiger partial charge in [0.1, 0.15) is 5.69 Å². The van der Waals surface area contributed by atoms with Crippen molar-refractivity contribution >= 4 is 23.2 Å². The molecular formula is C22H22N4O. The molecule has 1 aliphatic heterocycles. The van der Waals surface area contributed by atoms with Crippen molar-refractivity contribution in [3.63, 3.8) is 0 Å². The number of carbonyl (C=O) groups is 1. The number of hydrogen-bond acceptors (Lipinski definition) is 4. The second-order valence-electron chi connectivity index (χ2n) is 6.85. The van der Waals surface area contributed by atoms with Crippen LogP contribution in [0.1, 0.15) is 33.7 Å². The molecule has 1 N–H and O–H groups in total. The van der Waals surface area contributed by atoms with Gasteiger partial charge in [-0.15, -0.1) is 0 Å². The number of aryl methyl sites for hydroxylation is 3. The first kappa shape index (κ1) is 17.2. The maximum Gasteiger partial charge on any atom is 0.277 e. The fourth-order valence-electron chi connectivity index (χ4n) is 3.45. The van der Waals surface area contributed by atoms with Gasteiger partial charge in [0.25, 0.3) is 5.91 Å². The van der Waals surface area contributed by atoms with Crippen LogP contribution in [0.3, 0.4) is 0 Å². The Morgan fingerprint density at radius 2 is 1.81 bits per heavy atom. The van der Waals surface area contributed by atoms with Crippen molar-refractivity contribution in [3.8, 4) is 0 Å². The normalized spacial score (nSPS) is 13.2. The molecule has 0 spiro atoms. The van der Waals surface area contributed by atoms with E-state index in [4.69, 9.17) is 0 Å². The number of carbonyl (C=O) groups excluding carboxylic acids is 1. The summed E-state index contributed by atoms with van der Waals surface area (Å²) in [6.07, 6.45) is 1.96. The molecule has 0 fully saturated rings. The summed E-state index contributed by atoms with van der Waals surface area (Å²) in [6.45, 7) is 4.61. The van der Waals surface area contributed by atoms with Crippen molar-refractivity contribution in [2.24, 2.45) is 0 Å². The SMILES string of the molecule is Cc1cc(C(=O)N2CCCc3ccccc32)nc(Nc2ccccc2C)n1. The maximum absolute atomic E-state index is 13.2. The Bertz CT molecular complexity index is 999. The van der Waals surface area contributed by atoms with E-state index < -0.39 is 0 Å². The van der Waals surface area contributed by atoms with Gasteiger partial charge in [-0.25, -0.2) is 9.97 Å².